The first kappa shape index (κ1) is 14.4. The Hall–Kier alpha value is -0.600. The van der Waals surface area contributed by atoms with Gasteiger partial charge in [0.25, 0.3) is 0 Å². The van der Waals surface area contributed by atoms with Gasteiger partial charge in [0.2, 0.25) is 0 Å². The minimum Gasteiger partial charge on any atom is -0.303 e. The second kappa shape index (κ2) is 7.66. The van der Waals surface area contributed by atoms with Gasteiger partial charge in [0.05, 0.1) is 11.8 Å². The Morgan fingerprint density at radius 2 is 1.93 bits per heavy atom. The van der Waals surface area contributed by atoms with Crippen LogP contribution >= 0.6 is 0 Å². The van der Waals surface area contributed by atoms with Crippen molar-refractivity contribution in [1.82, 2.24) is 4.90 Å². The molecule has 15 heavy (non-hydrogen) atoms. The molecule has 0 radical (unpaired) electrons. The highest BCUT2D eigenvalue weighted by Crippen LogP contribution is 1.98. The molecule has 0 rings (SSSR count). The Balaban J connectivity index is 3.78. The first-order valence-electron chi connectivity index (χ1n) is 5.35. The van der Waals surface area contributed by atoms with Crippen LogP contribution in [0.4, 0.5) is 0 Å². The molecule has 0 aromatic rings. The number of nitriles is 1. The summed E-state index contributed by atoms with van der Waals surface area (Å²) in [6, 6.07) is 2.09. The molecule has 0 fully saturated rings. The molecule has 4 nitrogen and oxygen atoms in total. The molecular formula is C10H20N2O2S. The van der Waals surface area contributed by atoms with E-state index >= 15 is 0 Å². The summed E-state index contributed by atoms with van der Waals surface area (Å²) < 4.78 is 22.4. The van der Waals surface area contributed by atoms with E-state index in [-0.39, 0.29) is 11.5 Å². The van der Waals surface area contributed by atoms with E-state index in [4.69, 9.17) is 5.26 Å². The molecule has 0 heterocycles. The predicted molar refractivity (Wildman–Crippen MR) is 61.3 cm³/mol. The molecule has 0 amide bonds. The molecule has 0 atom stereocenters. The molecule has 88 valence electrons. The van der Waals surface area contributed by atoms with Gasteiger partial charge in [0, 0.05) is 18.7 Å². The number of nitrogens with zero attached hydrogens (tertiary/aromatic N) is 2. The average Bonchev–Trinajstić information content (AvgIpc) is 2.23. The third-order valence-corrected chi connectivity index (χ3v) is 4.15. The standard InChI is InChI=1S/C10H20N2O2S/c1-3-12(8-5-7-11)9-6-10-15(13,14)4-2/h3-6,8-10H2,1-2H3. The number of sulfone groups is 1. The van der Waals surface area contributed by atoms with Crippen molar-refractivity contribution in [2.45, 2.75) is 26.7 Å². The lowest BCUT2D eigenvalue weighted by atomic mass is 10.3. The maximum Gasteiger partial charge on any atom is 0.150 e. The third-order valence-electron chi connectivity index (χ3n) is 2.36. The maximum atomic E-state index is 11.2. The predicted octanol–water partition coefficient (Wildman–Crippen LogP) is 1.05. The fourth-order valence-corrected chi connectivity index (χ4v) is 2.15. The van der Waals surface area contributed by atoms with E-state index in [0.29, 0.717) is 12.8 Å². The lowest BCUT2D eigenvalue weighted by molar-refractivity contribution is 0.296. The second-order valence-electron chi connectivity index (χ2n) is 3.43. The van der Waals surface area contributed by atoms with Gasteiger partial charge in [-0.3, -0.25) is 0 Å². The molecule has 0 spiro atoms. The molecular weight excluding hydrogens is 212 g/mol. The Morgan fingerprint density at radius 1 is 1.27 bits per heavy atom. The first-order valence-corrected chi connectivity index (χ1v) is 7.17. The van der Waals surface area contributed by atoms with Crippen LogP contribution in [0.2, 0.25) is 0 Å². The van der Waals surface area contributed by atoms with Gasteiger partial charge in [-0.05, 0) is 19.5 Å². The van der Waals surface area contributed by atoms with Crippen LogP contribution in [0.15, 0.2) is 0 Å². The monoisotopic (exact) mass is 232 g/mol. The molecule has 0 aromatic heterocycles. The van der Waals surface area contributed by atoms with E-state index in [9.17, 15) is 8.42 Å². The second-order valence-corrected chi connectivity index (χ2v) is 5.91. The zero-order valence-electron chi connectivity index (χ0n) is 9.57. The fraction of sp³-hybridized carbons (Fsp3) is 0.900. The summed E-state index contributed by atoms with van der Waals surface area (Å²) in [5.41, 5.74) is 0. The minimum atomic E-state index is -2.84. The molecule has 0 aromatic carbocycles. The highest BCUT2D eigenvalue weighted by atomic mass is 32.2. The van der Waals surface area contributed by atoms with Crippen LogP contribution in [0.5, 0.6) is 0 Å². The van der Waals surface area contributed by atoms with Gasteiger partial charge in [-0.1, -0.05) is 13.8 Å². The summed E-state index contributed by atoms with van der Waals surface area (Å²) in [4.78, 5) is 2.11. The molecule has 0 saturated heterocycles. The summed E-state index contributed by atoms with van der Waals surface area (Å²) in [6.07, 6.45) is 1.17. The summed E-state index contributed by atoms with van der Waals surface area (Å²) in [6.45, 7) is 6.05. The number of hydrogen-bond acceptors (Lipinski definition) is 4. The summed E-state index contributed by atoms with van der Waals surface area (Å²) in [5.74, 6) is 0.476. The minimum absolute atomic E-state index is 0.220. The summed E-state index contributed by atoms with van der Waals surface area (Å²) in [5, 5.41) is 8.43. The highest BCUT2D eigenvalue weighted by Gasteiger charge is 2.08. The van der Waals surface area contributed by atoms with Crippen molar-refractivity contribution in [3.63, 3.8) is 0 Å². The van der Waals surface area contributed by atoms with Crippen LogP contribution in [0.25, 0.3) is 0 Å². The molecule has 0 aliphatic rings. The Kier molecular flexibility index (Phi) is 7.35. The summed E-state index contributed by atoms with van der Waals surface area (Å²) in [7, 11) is -2.84. The largest absolute Gasteiger partial charge is 0.303 e. The molecule has 0 aliphatic carbocycles. The van der Waals surface area contributed by atoms with E-state index in [2.05, 4.69) is 11.0 Å². The van der Waals surface area contributed by atoms with Gasteiger partial charge < -0.3 is 4.90 Å². The van der Waals surface area contributed by atoms with Gasteiger partial charge in [0.15, 0.2) is 0 Å². The summed E-state index contributed by atoms with van der Waals surface area (Å²) >= 11 is 0. The first-order chi connectivity index (χ1) is 7.05. The van der Waals surface area contributed by atoms with Crippen molar-refractivity contribution in [2.24, 2.45) is 0 Å². The Morgan fingerprint density at radius 3 is 2.40 bits per heavy atom. The van der Waals surface area contributed by atoms with Crippen molar-refractivity contribution >= 4 is 9.84 Å². The third kappa shape index (κ3) is 7.34. The maximum absolute atomic E-state index is 11.2. The van der Waals surface area contributed by atoms with Crippen LogP contribution < -0.4 is 0 Å². The van der Waals surface area contributed by atoms with Crippen molar-refractivity contribution in [1.29, 1.82) is 5.26 Å². The quantitative estimate of drug-likeness (QED) is 0.627. The lowest BCUT2D eigenvalue weighted by Gasteiger charge is -2.18. The molecule has 0 saturated carbocycles. The Labute approximate surface area is 92.8 Å². The van der Waals surface area contributed by atoms with Crippen LogP contribution in [0.3, 0.4) is 0 Å². The number of rotatable bonds is 8. The molecule has 0 unspecified atom stereocenters. The van der Waals surface area contributed by atoms with Gasteiger partial charge in [0.1, 0.15) is 9.84 Å². The van der Waals surface area contributed by atoms with E-state index in [1.165, 1.54) is 0 Å². The zero-order valence-corrected chi connectivity index (χ0v) is 10.4. The van der Waals surface area contributed by atoms with Crippen LogP contribution in [-0.2, 0) is 9.84 Å². The topological polar surface area (TPSA) is 61.2 Å². The Bertz CT molecular complexity index is 293. The van der Waals surface area contributed by atoms with E-state index in [0.717, 1.165) is 19.6 Å². The van der Waals surface area contributed by atoms with Gasteiger partial charge in [-0.2, -0.15) is 5.26 Å². The van der Waals surface area contributed by atoms with Crippen molar-refractivity contribution in [3.05, 3.63) is 0 Å². The highest BCUT2D eigenvalue weighted by molar-refractivity contribution is 7.91. The van der Waals surface area contributed by atoms with Gasteiger partial charge in [-0.15, -0.1) is 0 Å². The van der Waals surface area contributed by atoms with Crippen LogP contribution in [-0.4, -0.2) is 44.5 Å². The van der Waals surface area contributed by atoms with Gasteiger partial charge >= 0.3 is 0 Å². The van der Waals surface area contributed by atoms with Crippen LogP contribution in [0, 0.1) is 11.3 Å². The van der Waals surface area contributed by atoms with E-state index in [1.54, 1.807) is 6.92 Å². The fourth-order valence-electron chi connectivity index (χ4n) is 1.29. The average molecular weight is 232 g/mol. The molecule has 0 aliphatic heterocycles. The van der Waals surface area contributed by atoms with Crippen molar-refractivity contribution < 1.29 is 8.42 Å². The number of hydrogen-bond donors (Lipinski definition) is 0. The van der Waals surface area contributed by atoms with Crippen molar-refractivity contribution in [3.8, 4) is 6.07 Å². The molecule has 0 bridgehead atoms. The molecule has 5 heteroatoms. The lowest BCUT2D eigenvalue weighted by Crippen LogP contribution is -2.27. The van der Waals surface area contributed by atoms with Gasteiger partial charge in [-0.25, -0.2) is 8.42 Å². The van der Waals surface area contributed by atoms with E-state index < -0.39 is 9.84 Å². The normalized spacial score (nSPS) is 11.6. The van der Waals surface area contributed by atoms with Crippen LogP contribution in [0.1, 0.15) is 26.7 Å². The van der Waals surface area contributed by atoms with Crippen molar-refractivity contribution in [2.75, 3.05) is 31.1 Å². The SMILES string of the molecule is CCN(CCC#N)CCCS(=O)(=O)CC. The smallest absolute Gasteiger partial charge is 0.150 e. The zero-order chi connectivity index (χ0) is 11.7. The van der Waals surface area contributed by atoms with E-state index in [1.807, 2.05) is 6.92 Å². The molecule has 0 N–H and O–H groups in total.